The van der Waals surface area contributed by atoms with E-state index in [0.29, 0.717) is 11.2 Å². The molecule has 0 amide bonds. The highest BCUT2D eigenvalue weighted by molar-refractivity contribution is 9.13. The summed E-state index contributed by atoms with van der Waals surface area (Å²) in [7, 11) is 0. The molecule has 0 saturated heterocycles. The van der Waals surface area contributed by atoms with Crippen LogP contribution < -0.4 is 11.1 Å². The van der Waals surface area contributed by atoms with Crippen molar-refractivity contribution in [2.24, 2.45) is 5.73 Å². The van der Waals surface area contributed by atoms with Gasteiger partial charge < -0.3 is 15.5 Å². The largest absolute Gasteiger partial charge is 0.451 e. The first-order valence-corrected chi connectivity index (χ1v) is 8.06. The molecule has 0 radical (unpaired) electrons. The van der Waals surface area contributed by atoms with E-state index in [1.807, 2.05) is 18.2 Å². The quantitative estimate of drug-likeness (QED) is 0.687. The van der Waals surface area contributed by atoms with Gasteiger partial charge in [-0.05, 0) is 78.5 Å². The fraction of sp³-hybridized carbons (Fsp3) is 0.231. The van der Waals surface area contributed by atoms with Crippen LogP contribution in [-0.2, 0) is 0 Å². The predicted molar refractivity (Wildman–Crippen MR) is 88.4 cm³/mol. The SMILES string of the molecule is Cc1ccc(Br)c(NC(CN)c2cc(Br)c(Br)o2)c1. The zero-order valence-corrected chi connectivity index (χ0v) is 15.0. The molecule has 1 aromatic carbocycles. The molecule has 102 valence electrons. The van der Waals surface area contributed by atoms with Crippen LogP contribution in [0.4, 0.5) is 5.69 Å². The molecule has 0 aliphatic rings. The number of nitrogens with one attached hydrogen (secondary N) is 1. The van der Waals surface area contributed by atoms with Gasteiger partial charge >= 0.3 is 0 Å². The van der Waals surface area contributed by atoms with Gasteiger partial charge in [0.15, 0.2) is 4.67 Å². The fourth-order valence-corrected chi connectivity index (χ4v) is 2.69. The number of hydrogen-bond donors (Lipinski definition) is 2. The standard InChI is InChI=1S/C13H13Br3N2O/c1-7-2-3-8(14)10(4-7)18-11(6-17)12-5-9(15)13(16)19-12/h2-5,11,18H,6,17H2,1H3. The minimum atomic E-state index is -0.0827. The lowest BCUT2D eigenvalue weighted by molar-refractivity contribution is 0.462. The van der Waals surface area contributed by atoms with Gasteiger partial charge in [-0.15, -0.1) is 0 Å². The smallest absolute Gasteiger partial charge is 0.183 e. The van der Waals surface area contributed by atoms with E-state index >= 15 is 0 Å². The second kappa shape index (κ2) is 6.43. The number of nitrogens with two attached hydrogens (primary N) is 1. The van der Waals surface area contributed by atoms with Crippen LogP contribution in [0.25, 0.3) is 0 Å². The summed E-state index contributed by atoms with van der Waals surface area (Å²) in [6.45, 7) is 2.49. The van der Waals surface area contributed by atoms with E-state index < -0.39 is 0 Å². The van der Waals surface area contributed by atoms with Crippen LogP contribution in [0.3, 0.4) is 0 Å². The third kappa shape index (κ3) is 3.62. The van der Waals surface area contributed by atoms with Crippen LogP contribution in [-0.4, -0.2) is 6.54 Å². The molecule has 0 saturated carbocycles. The number of benzene rings is 1. The zero-order chi connectivity index (χ0) is 14.0. The van der Waals surface area contributed by atoms with Crippen molar-refractivity contribution in [3.05, 3.63) is 49.2 Å². The normalized spacial score (nSPS) is 12.5. The van der Waals surface area contributed by atoms with Crippen molar-refractivity contribution in [2.45, 2.75) is 13.0 Å². The van der Waals surface area contributed by atoms with Gasteiger partial charge in [0.05, 0.1) is 10.5 Å². The first kappa shape index (κ1) is 15.1. The molecule has 1 heterocycles. The molecule has 2 rings (SSSR count). The summed E-state index contributed by atoms with van der Waals surface area (Å²) < 4.78 is 8.18. The third-order valence-electron chi connectivity index (χ3n) is 2.69. The fourth-order valence-electron chi connectivity index (χ4n) is 1.72. The van der Waals surface area contributed by atoms with Crippen LogP contribution in [0.15, 0.2) is 42.3 Å². The molecule has 0 aliphatic heterocycles. The van der Waals surface area contributed by atoms with Crippen molar-refractivity contribution < 1.29 is 4.42 Å². The lowest BCUT2D eigenvalue weighted by Gasteiger charge is -2.17. The van der Waals surface area contributed by atoms with E-state index in [1.165, 1.54) is 5.56 Å². The molecular weight excluding hydrogens is 440 g/mol. The monoisotopic (exact) mass is 450 g/mol. The van der Waals surface area contributed by atoms with E-state index in [2.05, 4.69) is 66.1 Å². The summed E-state index contributed by atoms with van der Waals surface area (Å²) in [6, 6.07) is 7.96. The molecule has 0 spiro atoms. The maximum Gasteiger partial charge on any atom is 0.183 e. The molecule has 1 unspecified atom stereocenters. The third-order valence-corrected chi connectivity index (χ3v) is 5.10. The lowest BCUT2D eigenvalue weighted by Crippen LogP contribution is -2.20. The molecule has 2 aromatic rings. The second-order valence-corrected chi connectivity index (χ2v) is 6.62. The Kier molecular flexibility index (Phi) is 5.11. The van der Waals surface area contributed by atoms with Gasteiger partial charge in [0.25, 0.3) is 0 Å². The molecule has 0 aliphatic carbocycles. The Bertz CT molecular complexity index is 564. The molecule has 3 nitrogen and oxygen atoms in total. The summed E-state index contributed by atoms with van der Waals surface area (Å²) in [6.07, 6.45) is 0. The number of rotatable bonds is 4. The average molecular weight is 453 g/mol. The number of hydrogen-bond acceptors (Lipinski definition) is 3. The van der Waals surface area contributed by atoms with Crippen LogP contribution in [0.1, 0.15) is 17.4 Å². The first-order valence-electron chi connectivity index (χ1n) is 5.68. The van der Waals surface area contributed by atoms with E-state index in [4.69, 9.17) is 10.2 Å². The molecule has 3 N–H and O–H groups in total. The summed E-state index contributed by atoms with van der Waals surface area (Å²) in [4.78, 5) is 0. The molecule has 6 heteroatoms. The van der Waals surface area contributed by atoms with Gasteiger partial charge in [-0.25, -0.2) is 0 Å². The molecule has 1 aromatic heterocycles. The number of anilines is 1. The zero-order valence-electron chi connectivity index (χ0n) is 10.2. The summed E-state index contributed by atoms with van der Waals surface area (Å²) in [5.41, 5.74) is 8.01. The number of halogens is 3. The maximum absolute atomic E-state index is 5.83. The van der Waals surface area contributed by atoms with Gasteiger partial charge in [-0.3, -0.25) is 0 Å². The van der Waals surface area contributed by atoms with Crippen molar-refractivity contribution in [1.82, 2.24) is 0 Å². The Labute approximate surface area is 137 Å². The van der Waals surface area contributed by atoms with Crippen molar-refractivity contribution >= 4 is 53.5 Å². The van der Waals surface area contributed by atoms with E-state index in [-0.39, 0.29) is 6.04 Å². The van der Waals surface area contributed by atoms with Gasteiger partial charge in [-0.1, -0.05) is 6.07 Å². The topological polar surface area (TPSA) is 51.2 Å². The van der Waals surface area contributed by atoms with E-state index in [9.17, 15) is 0 Å². The van der Waals surface area contributed by atoms with Crippen molar-refractivity contribution in [2.75, 3.05) is 11.9 Å². The average Bonchev–Trinajstić information content (AvgIpc) is 2.70. The highest BCUT2D eigenvalue weighted by Gasteiger charge is 2.17. The van der Waals surface area contributed by atoms with Gasteiger partial charge in [0.1, 0.15) is 5.76 Å². The van der Waals surface area contributed by atoms with Crippen LogP contribution in [0, 0.1) is 6.92 Å². The van der Waals surface area contributed by atoms with Gasteiger partial charge in [0.2, 0.25) is 0 Å². The Morgan fingerprint density at radius 2 is 1.95 bits per heavy atom. The molecule has 0 fully saturated rings. The minimum absolute atomic E-state index is 0.0827. The van der Waals surface area contributed by atoms with E-state index in [0.717, 1.165) is 20.4 Å². The van der Waals surface area contributed by atoms with Gasteiger partial charge in [-0.2, -0.15) is 0 Å². The van der Waals surface area contributed by atoms with Crippen molar-refractivity contribution in [3.63, 3.8) is 0 Å². The van der Waals surface area contributed by atoms with Crippen LogP contribution >= 0.6 is 47.8 Å². The molecular formula is C13H13Br3N2O. The minimum Gasteiger partial charge on any atom is -0.451 e. The lowest BCUT2D eigenvalue weighted by atomic mass is 10.2. The summed E-state index contributed by atoms with van der Waals surface area (Å²) in [5.74, 6) is 0.787. The Morgan fingerprint density at radius 3 is 2.53 bits per heavy atom. The molecule has 0 bridgehead atoms. The first-order chi connectivity index (χ1) is 9.01. The Hall–Kier alpha value is -0.300. The van der Waals surface area contributed by atoms with Crippen LogP contribution in [0.2, 0.25) is 0 Å². The molecule has 1 atom stereocenters. The Balaban J connectivity index is 2.26. The maximum atomic E-state index is 5.83. The predicted octanol–water partition coefficient (Wildman–Crippen LogP) is 4.99. The second-order valence-electron chi connectivity index (χ2n) is 4.19. The molecule has 19 heavy (non-hydrogen) atoms. The van der Waals surface area contributed by atoms with Crippen LogP contribution in [0.5, 0.6) is 0 Å². The van der Waals surface area contributed by atoms with Crippen molar-refractivity contribution in [1.29, 1.82) is 0 Å². The Morgan fingerprint density at radius 1 is 1.21 bits per heavy atom. The van der Waals surface area contributed by atoms with Crippen molar-refractivity contribution in [3.8, 4) is 0 Å². The highest BCUT2D eigenvalue weighted by Crippen LogP contribution is 2.32. The highest BCUT2D eigenvalue weighted by atomic mass is 79.9. The van der Waals surface area contributed by atoms with Gasteiger partial charge in [0, 0.05) is 16.7 Å². The number of aryl methyl sites for hydroxylation is 1. The van der Waals surface area contributed by atoms with E-state index in [1.54, 1.807) is 0 Å². The summed E-state index contributed by atoms with van der Waals surface area (Å²) in [5, 5.41) is 3.39. The number of furan rings is 1. The summed E-state index contributed by atoms with van der Waals surface area (Å²) >= 11 is 10.3.